The van der Waals surface area contributed by atoms with Crippen molar-refractivity contribution in [1.29, 1.82) is 0 Å². The summed E-state index contributed by atoms with van der Waals surface area (Å²) in [5.74, 6) is 1.27. The zero-order chi connectivity index (χ0) is 22.7. The fourth-order valence-electron chi connectivity index (χ4n) is 3.27. The molecule has 1 saturated heterocycles. The average molecular weight is 489 g/mol. The molecule has 2 amide bonds. The van der Waals surface area contributed by atoms with E-state index in [4.69, 9.17) is 21.7 Å². The number of amides is 2. The lowest BCUT2D eigenvalue weighted by Crippen LogP contribution is -2.37. The summed E-state index contributed by atoms with van der Waals surface area (Å²) in [6, 6.07) is 12.5. The van der Waals surface area contributed by atoms with Crippen LogP contribution in [0.5, 0.6) is 11.5 Å². The first kappa shape index (κ1) is 22.5. The Bertz CT molecular complexity index is 1150. The van der Waals surface area contributed by atoms with E-state index < -0.39 is 10.8 Å². The highest BCUT2D eigenvalue weighted by molar-refractivity contribution is 8.26. The molecule has 0 saturated carbocycles. The third kappa shape index (κ3) is 5.20. The van der Waals surface area contributed by atoms with Gasteiger partial charge in [0.1, 0.15) is 4.32 Å². The van der Waals surface area contributed by atoms with Gasteiger partial charge in [-0.1, -0.05) is 42.2 Å². The fourth-order valence-corrected chi connectivity index (χ4v) is 5.22. The van der Waals surface area contributed by atoms with Crippen LogP contribution in [0.4, 0.5) is 0 Å². The van der Waals surface area contributed by atoms with Gasteiger partial charge in [-0.25, -0.2) is 0 Å². The SMILES string of the molecule is CS(=O)Cc1cccc(C(=O)NCCN2C(=O)/C(=C\c3ccc4c(c3)OCO4)SC2=S)c1. The first-order valence-corrected chi connectivity index (χ1v) is 12.7. The third-order valence-electron chi connectivity index (χ3n) is 4.75. The quantitative estimate of drug-likeness (QED) is 0.474. The van der Waals surface area contributed by atoms with E-state index in [2.05, 4.69) is 5.32 Å². The molecule has 2 aliphatic rings. The molecule has 1 unspecified atom stereocenters. The summed E-state index contributed by atoms with van der Waals surface area (Å²) in [5.41, 5.74) is 2.14. The van der Waals surface area contributed by atoms with Crippen LogP contribution in [0.25, 0.3) is 6.08 Å². The second kappa shape index (κ2) is 9.85. The summed E-state index contributed by atoms with van der Waals surface area (Å²) < 4.78 is 22.5. The molecular formula is C22H20N2O5S3. The van der Waals surface area contributed by atoms with Crippen LogP contribution in [-0.4, -0.2) is 51.4 Å². The summed E-state index contributed by atoms with van der Waals surface area (Å²) >= 11 is 6.59. The van der Waals surface area contributed by atoms with Crippen molar-refractivity contribution in [1.82, 2.24) is 10.2 Å². The van der Waals surface area contributed by atoms with Crippen LogP contribution in [0.3, 0.4) is 0 Å². The van der Waals surface area contributed by atoms with Gasteiger partial charge in [0, 0.05) is 41.5 Å². The van der Waals surface area contributed by atoms with Gasteiger partial charge >= 0.3 is 0 Å². The summed E-state index contributed by atoms with van der Waals surface area (Å²) in [6.07, 6.45) is 3.39. The lowest BCUT2D eigenvalue weighted by molar-refractivity contribution is -0.122. The Labute approximate surface area is 197 Å². The van der Waals surface area contributed by atoms with Gasteiger partial charge < -0.3 is 14.8 Å². The van der Waals surface area contributed by atoms with E-state index in [1.807, 2.05) is 18.2 Å². The molecule has 10 heteroatoms. The molecule has 2 aliphatic heterocycles. The lowest BCUT2D eigenvalue weighted by atomic mass is 10.1. The predicted molar refractivity (Wildman–Crippen MR) is 129 cm³/mol. The standard InChI is InChI=1S/C22H20N2O5S3/c1-32(27)12-15-3-2-4-16(9-15)20(25)23-7-8-24-21(26)19(31-22(24)30)11-14-5-6-17-18(10-14)29-13-28-17/h2-6,9-11H,7-8,12-13H2,1H3,(H,23,25)/b19-11+. The number of benzene rings is 2. The van der Waals surface area contributed by atoms with Gasteiger partial charge in [-0.15, -0.1) is 0 Å². The summed E-state index contributed by atoms with van der Waals surface area (Å²) in [6.45, 7) is 0.717. The van der Waals surface area contributed by atoms with Crippen molar-refractivity contribution in [2.75, 3.05) is 26.1 Å². The molecule has 0 bridgehead atoms. The molecule has 1 N–H and O–H groups in total. The van der Waals surface area contributed by atoms with Crippen molar-refractivity contribution < 1.29 is 23.3 Å². The monoisotopic (exact) mass is 488 g/mol. The molecule has 1 fully saturated rings. The number of thioether (sulfide) groups is 1. The van der Waals surface area contributed by atoms with Gasteiger partial charge in [0.2, 0.25) is 6.79 Å². The Morgan fingerprint density at radius 2 is 2.06 bits per heavy atom. The molecule has 4 rings (SSSR count). The molecule has 0 spiro atoms. The van der Waals surface area contributed by atoms with Crippen molar-refractivity contribution in [2.24, 2.45) is 0 Å². The van der Waals surface area contributed by atoms with Gasteiger partial charge in [-0.3, -0.25) is 18.7 Å². The number of nitrogens with zero attached hydrogens (tertiary/aromatic N) is 1. The minimum absolute atomic E-state index is 0.190. The molecule has 0 aromatic heterocycles. The second-order valence-electron chi connectivity index (χ2n) is 7.12. The highest BCUT2D eigenvalue weighted by atomic mass is 32.2. The van der Waals surface area contributed by atoms with Crippen LogP contribution in [-0.2, 0) is 21.3 Å². The van der Waals surface area contributed by atoms with Crippen LogP contribution < -0.4 is 14.8 Å². The Kier molecular flexibility index (Phi) is 6.92. The lowest BCUT2D eigenvalue weighted by Gasteiger charge is -2.15. The molecule has 1 atom stereocenters. The van der Waals surface area contributed by atoms with E-state index in [1.165, 1.54) is 16.7 Å². The largest absolute Gasteiger partial charge is 0.454 e. The maximum Gasteiger partial charge on any atom is 0.266 e. The van der Waals surface area contributed by atoms with Crippen molar-refractivity contribution in [3.05, 3.63) is 64.1 Å². The van der Waals surface area contributed by atoms with Gasteiger partial charge in [-0.05, 0) is 41.5 Å². The summed E-state index contributed by atoms with van der Waals surface area (Å²) in [4.78, 5) is 27.3. The van der Waals surface area contributed by atoms with E-state index >= 15 is 0 Å². The minimum Gasteiger partial charge on any atom is -0.454 e. The molecule has 32 heavy (non-hydrogen) atoms. The Morgan fingerprint density at radius 3 is 2.88 bits per heavy atom. The number of thiocarbonyl (C=S) groups is 1. The van der Waals surface area contributed by atoms with Crippen LogP contribution in [0.2, 0.25) is 0 Å². The number of carbonyl (C=O) groups excluding carboxylic acids is 2. The number of carbonyl (C=O) groups is 2. The maximum atomic E-state index is 12.8. The van der Waals surface area contributed by atoms with Crippen molar-refractivity contribution >= 4 is 57.0 Å². The zero-order valence-corrected chi connectivity index (χ0v) is 19.6. The fraction of sp³-hybridized carbons (Fsp3) is 0.227. The average Bonchev–Trinajstić information content (AvgIpc) is 3.32. The molecule has 166 valence electrons. The second-order valence-corrected chi connectivity index (χ2v) is 10.2. The van der Waals surface area contributed by atoms with Crippen LogP contribution in [0, 0.1) is 0 Å². The van der Waals surface area contributed by atoms with Crippen LogP contribution in [0.1, 0.15) is 21.5 Å². The van der Waals surface area contributed by atoms with E-state index in [0.717, 1.165) is 11.1 Å². The molecule has 0 aliphatic carbocycles. The van der Waals surface area contributed by atoms with Crippen molar-refractivity contribution in [2.45, 2.75) is 5.75 Å². The predicted octanol–water partition coefficient (Wildman–Crippen LogP) is 2.93. The first-order chi connectivity index (χ1) is 15.4. The molecule has 0 radical (unpaired) electrons. The highest BCUT2D eigenvalue weighted by Crippen LogP contribution is 2.36. The maximum absolute atomic E-state index is 12.8. The van der Waals surface area contributed by atoms with Gasteiger partial charge in [0.25, 0.3) is 11.8 Å². The van der Waals surface area contributed by atoms with E-state index in [1.54, 1.807) is 36.6 Å². The number of rotatable bonds is 7. The highest BCUT2D eigenvalue weighted by Gasteiger charge is 2.31. The van der Waals surface area contributed by atoms with Gasteiger partial charge in [-0.2, -0.15) is 0 Å². The molecular weight excluding hydrogens is 468 g/mol. The van der Waals surface area contributed by atoms with Crippen LogP contribution in [0.15, 0.2) is 47.4 Å². The number of nitrogens with one attached hydrogen (secondary N) is 1. The molecule has 2 heterocycles. The number of ether oxygens (including phenoxy) is 2. The first-order valence-electron chi connectivity index (χ1n) is 9.73. The van der Waals surface area contributed by atoms with Crippen molar-refractivity contribution in [3.8, 4) is 11.5 Å². The number of hydrogen-bond acceptors (Lipinski definition) is 7. The Balaban J connectivity index is 1.35. The van der Waals surface area contributed by atoms with E-state index in [0.29, 0.717) is 32.0 Å². The van der Waals surface area contributed by atoms with Gasteiger partial charge in [0.15, 0.2) is 11.5 Å². The normalized spacial score (nSPS) is 17.2. The smallest absolute Gasteiger partial charge is 0.266 e. The van der Waals surface area contributed by atoms with Crippen molar-refractivity contribution in [3.63, 3.8) is 0 Å². The molecule has 2 aromatic rings. The molecule has 7 nitrogen and oxygen atoms in total. The summed E-state index contributed by atoms with van der Waals surface area (Å²) in [5, 5.41) is 2.81. The molecule has 2 aromatic carbocycles. The minimum atomic E-state index is -0.983. The van der Waals surface area contributed by atoms with Crippen LogP contribution >= 0.6 is 24.0 Å². The Hall–Kier alpha value is -2.69. The van der Waals surface area contributed by atoms with E-state index in [-0.39, 0.29) is 31.7 Å². The topological polar surface area (TPSA) is 84.9 Å². The van der Waals surface area contributed by atoms with Gasteiger partial charge in [0.05, 0.1) is 4.91 Å². The third-order valence-corrected chi connectivity index (χ3v) is 6.87. The number of hydrogen-bond donors (Lipinski definition) is 1. The zero-order valence-electron chi connectivity index (χ0n) is 17.2. The number of fused-ring (bicyclic) bond motifs is 1. The van der Waals surface area contributed by atoms with E-state index in [9.17, 15) is 13.8 Å². The summed E-state index contributed by atoms with van der Waals surface area (Å²) in [7, 11) is -0.983. The Morgan fingerprint density at radius 1 is 1.25 bits per heavy atom.